The summed E-state index contributed by atoms with van der Waals surface area (Å²) in [5.74, 6) is 0.428. The average Bonchev–Trinajstić information content (AvgIpc) is 2.43. The zero-order valence-corrected chi connectivity index (χ0v) is 14.3. The predicted octanol–water partition coefficient (Wildman–Crippen LogP) is 2.84. The number of nitrogens with two attached hydrogens (primary N) is 1. The molecule has 0 saturated heterocycles. The van der Waals surface area contributed by atoms with Gasteiger partial charge in [0, 0.05) is 6.54 Å². The molecule has 0 bridgehead atoms. The number of nitrogens with one attached hydrogen (secondary N) is 1. The molecule has 0 atom stereocenters. The first-order valence-corrected chi connectivity index (χ1v) is 8.15. The Kier molecular flexibility index (Phi) is 5.65. The summed E-state index contributed by atoms with van der Waals surface area (Å²) < 4.78 is 11.1. The minimum atomic E-state index is -0.498. The van der Waals surface area contributed by atoms with Crippen molar-refractivity contribution in [2.45, 2.75) is 51.4 Å². The molecule has 0 heterocycles. The van der Waals surface area contributed by atoms with Gasteiger partial charge in [-0.1, -0.05) is 30.3 Å². The molecular formula is C18H28N2O3. The van der Waals surface area contributed by atoms with Crippen LogP contribution in [0.25, 0.3) is 0 Å². The number of ether oxygens (including phenoxy) is 2. The smallest absolute Gasteiger partial charge is 0.408 e. The summed E-state index contributed by atoms with van der Waals surface area (Å²) in [7, 11) is 0. The monoisotopic (exact) mass is 320 g/mol. The van der Waals surface area contributed by atoms with Crippen molar-refractivity contribution >= 4 is 6.09 Å². The molecule has 5 heteroatoms. The van der Waals surface area contributed by atoms with Crippen molar-refractivity contribution in [2.75, 3.05) is 13.2 Å². The minimum absolute atomic E-state index is 0.344. The molecule has 5 nitrogen and oxygen atoms in total. The Balaban J connectivity index is 1.71. The molecule has 1 aliphatic rings. The van der Waals surface area contributed by atoms with E-state index in [1.165, 1.54) is 5.56 Å². The lowest BCUT2D eigenvalue weighted by Gasteiger charge is -2.47. The SMILES string of the molecule is CC(C)(C)OC(=O)NC1(CN)CC(COCc2ccccc2)C1. The lowest BCUT2D eigenvalue weighted by atomic mass is 9.68. The van der Waals surface area contributed by atoms with E-state index in [0.29, 0.717) is 25.7 Å². The van der Waals surface area contributed by atoms with Gasteiger partial charge >= 0.3 is 6.09 Å². The second-order valence-electron chi connectivity index (χ2n) is 7.39. The highest BCUT2D eigenvalue weighted by Gasteiger charge is 2.45. The fourth-order valence-corrected chi connectivity index (χ4v) is 2.92. The number of benzene rings is 1. The van der Waals surface area contributed by atoms with E-state index in [-0.39, 0.29) is 5.54 Å². The van der Waals surface area contributed by atoms with Gasteiger partial charge in [-0.3, -0.25) is 0 Å². The third-order valence-electron chi connectivity index (χ3n) is 3.98. The normalized spacial score (nSPS) is 23.9. The lowest BCUT2D eigenvalue weighted by Crippen LogP contribution is -2.62. The van der Waals surface area contributed by atoms with Crippen LogP contribution in [0, 0.1) is 5.92 Å². The molecule has 0 aromatic heterocycles. The summed E-state index contributed by atoms with van der Waals surface area (Å²) in [5, 5.41) is 2.93. The van der Waals surface area contributed by atoms with E-state index in [2.05, 4.69) is 17.4 Å². The number of alkyl carbamates (subject to hydrolysis) is 1. The summed E-state index contributed by atoms with van der Waals surface area (Å²) in [4.78, 5) is 11.9. The number of hydrogen-bond donors (Lipinski definition) is 2. The Hall–Kier alpha value is -1.59. The molecule has 0 radical (unpaired) electrons. The molecule has 1 aromatic carbocycles. The molecule has 128 valence electrons. The van der Waals surface area contributed by atoms with E-state index in [0.717, 1.165) is 12.8 Å². The largest absolute Gasteiger partial charge is 0.444 e. The Morgan fingerprint density at radius 1 is 1.30 bits per heavy atom. The van der Waals surface area contributed by atoms with Gasteiger partial charge in [-0.05, 0) is 45.1 Å². The molecule has 1 fully saturated rings. The van der Waals surface area contributed by atoms with Crippen LogP contribution in [-0.4, -0.2) is 30.4 Å². The Bertz CT molecular complexity index is 505. The third kappa shape index (κ3) is 5.52. The number of hydrogen-bond acceptors (Lipinski definition) is 4. The Morgan fingerprint density at radius 3 is 2.52 bits per heavy atom. The van der Waals surface area contributed by atoms with Crippen LogP contribution in [0.1, 0.15) is 39.2 Å². The molecule has 0 aliphatic heterocycles. The van der Waals surface area contributed by atoms with E-state index in [9.17, 15) is 4.79 Å². The van der Waals surface area contributed by atoms with Crippen molar-refractivity contribution in [3.63, 3.8) is 0 Å². The van der Waals surface area contributed by atoms with Crippen molar-refractivity contribution in [1.29, 1.82) is 0 Å². The zero-order chi connectivity index (χ0) is 16.9. The van der Waals surface area contributed by atoms with Gasteiger partial charge in [0.25, 0.3) is 0 Å². The third-order valence-corrected chi connectivity index (χ3v) is 3.98. The van der Waals surface area contributed by atoms with Crippen molar-refractivity contribution in [2.24, 2.45) is 11.7 Å². The van der Waals surface area contributed by atoms with Gasteiger partial charge in [-0.25, -0.2) is 4.79 Å². The lowest BCUT2D eigenvalue weighted by molar-refractivity contribution is -0.000607. The first kappa shape index (κ1) is 17.8. The van der Waals surface area contributed by atoms with Gasteiger partial charge in [0.15, 0.2) is 0 Å². The van der Waals surface area contributed by atoms with Crippen molar-refractivity contribution < 1.29 is 14.3 Å². The number of amides is 1. The molecule has 1 amide bonds. The molecule has 1 saturated carbocycles. The van der Waals surface area contributed by atoms with Gasteiger partial charge in [0.05, 0.1) is 18.8 Å². The van der Waals surface area contributed by atoms with Gasteiger partial charge in [-0.2, -0.15) is 0 Å². The number of carbonyl (C=O) groups is 1. The molecule has 2 rings (SSSR count). The maximum absolute atomic E-state index is 11.9. The standard InChI is InChI=1S/C18H28N2O3/c1-17(2,3)23-16(21)20-18(13-19)9-15(10-18)12-22-11-14-7-5-4-6-8-14/h4-8,15H,9-13,19H2,1-3H3,(H,20,21). The Labute approximate surface area is 138 Å². The van der Waals surface area contributed by atoms with Gasteiger partial charge in [0.2, 0.25) is 0 Å². The van der Waals surface area contributed by atoms with Gasteiger partial charge < -0.3 is 20.5 Å². The highest BCUT2D eigenvalue weighted by Crippen LogP contribution is 2.37. The van der Waals surface area contributed by atoms with E-state index < -0.39 is 11.7 Å². The molecular weight excluding hydrogens is 292 g/mol. The second kappa shape index (κ2) is 7.32. The maximum Gasteiger partial charge on any atom is 0.408 e. The van der Waals surface area contributed by atoms with Crippen LogP contribution in [0.15, 0.2) is 30.3 Å². The molecule has 3 N–H and O–H groups in total. The summed E-state index contributed by atoms with van der Waals surface area (Å²) >= 11 is 0. The molecule has 0 spiro atoms. The van der Waals surface area contributed by atoms with E-state index in [1.807, 2.05) is 39.0 Å². The van der Waals surface area contributed by atoms with Crippen LogP contribution in [0.5, 0.6) is 0 Å². The van der Waals surface area contributed by atoms with Crippen molar-refractivity contribution in [3.8, 4) is 0 Å². The quantitative estimate of drug-likeness (QED) is 0.845. The zero-order valence-electron chi connectivity index (χ0n) is 14.3. The number of carbonyl (C=O) groups excluding carboxylic acids is 1. The van der Waals surface area contributed by atoms with Crippen molar-refractivity contribution in [1.82, 2.24) is 5.32 Å². The van der Waals surface area contributed by atoms with Crippen LogP contribution in [-0.2, 0) is 16.1 Å². The van der Waals surface area contributed by atoms with Gasteiger partial charge in [-0.15, -0.1) is 0 Å². The van der Waals surface area contributed by atoms with Crippen molar-refractivity contribution in [3.05, 3.63) is 35.9 Å². The fourth-order valence-electron chi connectivity index (χ4n) is 2.92. The maximum atomic E-state index is 11.9. The summed E-state index contributed by atoms with van der Waals surface area (Å²) in [5.41, 5.74) is 6.18. The average molecular weight is 320 g/mol. The topological polar surface area (TPSA) is 73.6 Å². The molecule has 1 aromatic rings. The Morgan fingerprint density at radius 2 is 1.96 bits per heavy atom. The highest BCUT2D eigenvalue weighted by molar-refractivity contribution is 5.69. The summed E-state index contributed by atoms with van der Waals surface area (Å²) in [6, 6.07) is 10.1. The fraction of sp³-hybridized carbons (Fsp3) is 0.611. The highest BCUT2D eigenvalue weighted by atomic mass is 16.6. The van der Waals surface area contributed by atoms with Crippen LogP contribution in [0.4, 0.5) is 4.79 Å². The molecule has 0 unspecified atom stereocenters. The van der Waals surface area contributed by atoms with Gasteiger partial charge in [0.1, 0.15) is 5.60 Å². The van der Waals surface area contributed by atoms with Crippen LogP contribution >= 0.6 is 0 Å². The first-order chi connectivity index (χ1) is 10.8. The number of rotatable bonds is 6. The van der Waals surface area contributed by atoms with Crippen LogP contribution < -0.4 is 11.1 Å². The first-order valence-electron chi connectivity index (χ1n) is 8.15. The van der Waals surface area contributed by atoms with Crippen LogP contribution in [0.2, 0.25) is 0 Å². The van der Waals surface area contributed by atoms with E-state index in [4.69, 9.17) is 15.2 Å². The molecule has 23 heavy (non-hydrogen) atoms. The van der Waals surface area contributed by atoms with Crippen LogP contribution in [0.3, 0.4) is 0 Å². The predicted molar refractivity (Wildman–Crippen MR) is 90.0 cm³/mol. The summed E-state index contributed by atoms with van der Waals surface area (Å²) in [6.07, 6.45) is 1.27. The minimum Gasteiger partial charge on any atom is -0.444 e. The van der Waals surface area contributed by atoms with E-state index in [1.54, 1.807) is 0 Å². The van der Waals surface area contributed by atoms with E-state index >= 15 is 0 Å². The summed E-state index contributed by atoms with van der Waals surface area (Å²) in [6.45, 7) is 7.27. The molecule has 1 aliphatic carbocycles. The second-order valence-corrected chi connectivity index (χ2v) is 7.39.